The number of hydrogen-bond donors (Lipinski definition) is 3. The third-order valence-electron chi connectivity index (χ3n) is 3.44. The Bertz CT molecular complexity index is 458. The number of H-pyrrole nitrogens is 1. The van der Waals surface area contributed by atoms with E-state index in [1.54, 1.807) is 0 Å². The topological polar surface area (TPSA) is 69.8 Å². The van der Waals surface area contributed by atoms with Crippen molar-refractivity contribution >= 4 is 18.3 Å². The van der Waals surface area contributed by atoms with Gasteiger partial charge in [-0.1, -0.05) is 6.08 Å². The third-order valence-corrected chi connectivity index (χ3v) is 3.44. The molecule has 20 heavy (non-hydrogen) atoms. The summed E-state index contributed by atoms with van der Waals surface area (Å²) < 4.78 is 0. The van der Waals surface area contributed by atoms with Crippen molar-refractivity contribution < 1.29 is 4.79 Å². The van der Waals surface area contributed by atoms with Crippen molar-refractivity contribution in [1.29, 1.82) is 0 Å². The summed E-state index contributed by atoms with van der Waals surface area (Å²) in [5.74, 6) is -0.0766. The Morgan fingerprint density at radius 1 is 1.60 bits per heavy atom. The van der Waals surface area contributed by atoms with Crippen molar-refractivity contribution in [3.8, 4) is 0 Å². The van der Waals surface area contributed by atoms with Gasteiger partial charge < -0.3 is 10.6 Å². The Labute approximate surface area is 126 Å². The van der Waals surface area contributed by atoms with E-state index in [2.05, 4.69) is 27.4 Å². The minimum Gasteiger partial charge on any atom is -0.348 e. The average Bonchev–Trinajstić information content (AvgIpc) is 2.83. The monoisotopic (exact) mass is 298 g/mol. The predicted molar refractivity (Wildman–Crippen MR) is 82.2 cm³/mol. The van der Waals surface area contributed by atoms with Gasteiger partial charge >= 0.3 is 0 Å². The molecule has 0 aromatic carbocycles. The lowest BCUT2D eigenvalue weighted by Crippen LogP contribution is -2.34. The quantitative estimate of drug-likeness (QED) is 0.555. The van der Waals surface area contributed by atoms with Crippen molar-refractivity contribution in [2.75, 3.05) is 6.54 Å². The summed E-state index contributed by atoms with van der Waals surface area (Å²) in [5.41, 5.74) is 2.64. The zero-order valence-electron chi connectivity index (χ0n) is 11.9. The summed E-state index contributed by atoms with van der Waals surface area (Å²) in [7, 11) is 0. The van der Waals surface area contributed by atoms with E-state index in [-0.39, 0.29) is 24.4 Å². The summed E-state index contributed by atoms with van der Waals surface area (Å²) >= 11 is 0. The normalized spacial score (nSPS) is 14.8. The highest BCUT2D eigenvalue weighted by molar-refractivity contribution is 5.94. The molecule has 1 aliphatic rings. The van der Waals surface area contributed by atoms with E-state index < -0.39 is 0 Å². The lowest BCUT2D eigenvalue weighted by molar-refractivity contribution is 0.0932. The van der Waals surface area contributed by atoms with Crippen LogP contribution in [0.5, 0.6) is 0 Å². The van der Waals surface area contributed by atoms with E-state index in [4.69, 9.17) is 0 Å². The molecule has 0 spiro atoms. The molecule has 1 aromatic rings. The fourth-order valence-electron chi connectivity index (χ4n) is 2.35. The Morgan fingerprint density at radius 2 is 2.40 bits per heavy atom. The number of allylic oxidation sites excluding steroid dienone is 1. The van der Waals surface area contributed by atoms with Crippen LogP contribution < -0.4 is 10.6 Å². The van der Waals surface area contributed by atoms with Crippen molar-refractivity contribution in [2.45, 2.75) is 45.2 Å². The van der Waals surface area contributed by atoms with Crippen molar-refractivity contribution in [3.05, 3.63) is 29.6 Å². The standard InChI is InChI=1S/C14H22N4O.ClH/c1-3-4-5-6-10(2)16-14(19)13-11-9-15-8-7-12(11)17-18-13;/h3,10,15H,1,4-9H2,2H3,(H,16,19)(H,17,18);1H. The van der Waals surface area contributed by atoms with Gasteiger partial charge in [0, 0.05) is 36.8 Å². The van der Waals surface area contributed by atoms with Gasteiger partial charge in [0.1, 0.15) is 0 Å². The molecule has 2 heterocycles. The van der Waals surface area contributed by atoms with E-state index in [0.717, 1.165) is 50.0 Å². The maximum Gasteiger partial charge on any atom is 0.272 e. The molecule has 0 fully saturated rings. The van der Waals surface area contributed by atoms with Gasteiger partial charge in [-0.2, -0.15) is 5.10 Å². The molecule has 3 N–H and O–H groups in total. The van der Waals surface area contributed by atoms with Crippen LogP contribution in [-0.4, -0.2) is 28.7 Å². The summed E-state index contributed by atoms with van der Waals surface area (Å²) in [6, 6.07) is 0.163. The zero-order valence-corrected chi connectivity index (χ0v) is 12.7. The fourth-order valence-corrected chi connectivity index (χ4v) is 2.35. The number of rotatable bonds is 6. The Kier molecular flexibility index (Phi) is 6.75. The van der Waals surface area contributed by atoms with Gasteiger partial charge in [0.25, 0.3) is 5.91 Å². The van der Waals surface area contributed by atoms with Crippen LogP contribution in [0, 0.1) is 0 Å². The summed E-state index contributed by atoms with van der Waals surface area (Å²) in [4.78, 5) is 12.2. The molecule has 1 aliphatic heterocycles. The maximum atomic E-state index is 12.2. The largest absolute Gasteiger partial charge is 0.348 e. The molecule has 1 amide bonds. The van der Waals surface area contributed by atoms with Crippen molar-refractivity contribution in [1.82, 2.24) is 20.8 Å². The molecule has 2 rings (SSSR count). The molecule has 0 saturated carbocycles. The highest BCUT2D eigenvalue weighted by atomic mass is 35.5. The van der Waals surface area contributed by atoms with Crippen LogP contribution in [0.3, 0.4) is 0 Å². The second kappa shape index (κ2) is 8.07. The van der Waals surface area contributed by atoms with Gasteiger partial charge in [-0.05, 0) is 26.2 Å². The van der Waals surface area contributed by atoms with E-state index in [9.17, 15) is 4.79 Å². The van der Waals surface area contributed by atoms with Gasteiger partial charge in [0.15, 0.2) is 5.69 Å². The second-order valence-electron chi connectivity index (χ2n) is 5.05. The number of aromatic nitrogens is 2. The first-order valence-corrected chi connectivity index (χ1v) is 6.91. The van der Waals surface area contributed by atoms with Gasteiger partial charge in [-0.3, -0.25) is 9.89 Å². The number of hydrogen-bond acceptors (Lipinski definition) is 3. The highest BCUT2D eigenvalue weighted by Crippen LogP contribution is 2.15. The molecule has 1 unspecified atom stereocenters. The molecular weight excluding hydrogens is 276 g/mol. The van der Waals surface area contributed by atoms with E-state index >= 15 is 0 Å². The number of carbonyl (C=O) groups excluding carboxylic acids is 1. The first kappa shape index (κ1) is 16.7. The molecule has 5 nitrogen and oxygen atoms in total. The van der Waals surface area contributed by atoms with Gasteiger partial charge in [-0.15, -0.1) is 19.0 Å². The summed E-state index contributed by atoms with van der Waals surface area (Å²) in [5, 5.41) is 13.4. The van der Waals surface area contributed by atoms with Crippen molar-refractivity contribution in [3.63, 3.8) is 0 Å². The number of unbranched alkanes of at least 4 members (excludes halogenated alkanes) is 1. The SMILES string of the molecule is C=CCCCC(C)NC(=O)c1n[nH]c2c1CNCC2.Cl. The molecular formula is C14H23ClN4O. The number of amides is 1. The number of fused-ring (bicyclic) bond motifs is 1. The van der Waals surface area contributed by atoms with Gasteiger partial charge in [0.05, 0.1) is 0 Å². The third kappa shape index (κ3) is 4.08. The first-order valence-electron chi connectivity index (χ1n) is 6.91. The fraction of sp³-hybridized carbons (Fsp3) is 0.571. The highest BCUT2D eigenvalue weighted by Gasteiger charge is 2.22. The molecule has 0 bridgehead atoms. The van der Waals surface area contributed by atoms with Crippen LogP contribution in [0.25, 0.3) is 0 Å². The number of aromatic amines is 1. The van der Waals surface area contributed by atoms with Crippen molar-refractivity contribution in [2.24, 2.45) is 0 Å². The van der Waals surface area contributed by atoms with Crippen LogP contribution in [0.1, 0.15) is 47.9 Å². The number of nitrogens with one attached hydrogen (secondary N) is 3. The molecule has 0 aliphatic carbocycles. The van der Waals surface area contributed by atoms with Crippen LogP contribution >= 0.6 is 12.4 Å². The van der Waals surface area contributed by atoms with E-state index in [1.807, 2.05) is 13.0 Å². The summed E-state index contributed by atoms with van der Waals surface area (Å²) in [6.07, 6.45) is 5.81. The Morgan fingerprint density at radius 3 is 3.15 bits per heavy atom. The molecule has 1 aromatic heterocycles. The smallest absolute Gasteiger partial charge is 0.272 e. The Balaban J connectivity index is 0.00000200. The lowest BCUT2D eigenvalue weighted by Gasteiger charge is -2.15. The minimum absolute atomic E-state index is 0. The molecule has 0 saturated heterocycles. The molecule has 6 heteroatoms. The zero-order chi connectivity index (χ0) is 13.7. The first-order chi connectivity index (χ1) is 9.22. The average molecular weight is 299 g/mol. The molecule has 1 atom stereocenters. The minimum atomic E-state index is -0.0766. The number of nitrogens with zero attached hydrogens (tertiary/aromatic N) is 1. The lowest BCUT2D eigenvalue weighted by atomic mass is 10.1. The summed E-state index contributed by atoms with van der Waals surface area (Å²) in [6.45, 7) is 7.39. The van der Waals surface area contributed by atoms with Crippen LogP contribution in [0.4, 0.5) is 0 Å². The second-order valence-corrected chi connectivity index (χ2v) is 5.05. The van der Waals surface area contributed by atoms with Gasteiger partial charge in [0.2, 0.25) is 0 Å². The Hall–Kier alpha value is -1.33. The maximum absolute atomic E-state index is 12.2. The van der Waals surface area contributed by atoms with Crippen LogP contribution in [0.2, 0.25) is 0 Å². The molecule has 112 valence electrons. The van der Waals surface area contributed by atoms with Crippen LogP contribution in [-0.2, 0) is 13.0 Å². The number of carbonyl (C=O) groups is 1. The number of halogens is 1. The van der Waals surface area contributed by atoms with Gasteiger partial charge in [-0.25, -0.2) is 0 Å². The van der Waals surface area contributed by atoms with E-state index in [1.165, 1.54) is 0 Å². The van der Waals surface area contributed by atoms with E-state index in [0.29, 0.717) is 5.69 Å². The molecule has 0 radical (unpaired) electrons. The van der Waals surface area contributed by atoms with Crippen LogP contribution in [0.15, 0.2) is 12.7 Å². The predicted octanol–water partition coefficient (Wildman–Crippen LogP) is 1.95.